The van der Waals surface area contributed by atoms with Gasteiger partial charge in [0.25, 0.3) is 0 Å². The van der Waals surface area contributed by atoms with E-state index < -0.39 is 0 Å². The number of hydrogen-bond acceptors (Lipinski definition) is 3. The molecule has 3 heteroatoms. The molecule has 1 aromatic heterocycles. The summed E-state index contributed by atoms with van der Waals surface area (Å²) in [7, 11) is 0. The van der Waals surface area contributed by atoms with Gasteiger partial charge in [0, 0.05) is 6.07 Å². The lowest BCUT2D eigenvalue weighted by Crippen LogP contribution is -1.99. The normalized spacial score (nSPS) is 10.8. The molecule has 0 bridgehead atoms. The molecule has 15 heavy (non-hydrogen) atoms. The van der Waals surface area contributed by atoms with Crippen LogP contribution >= 0.6 is 0 Å². The largest absolute Gasteiger partial charge is 0.508 e. The van der Waals surface area contributed by atoms with Crippen molar-refractivity contribution in [2.24, 2.45) is 0 Å². The highest BCUT2D eigenvalue weighted by atomic mass is 16.3. The smallest absolute Gasteiger partial charge is 0.117 e. The average Bonchev–Trinajstić information content (AvgIpc) is 2.27. The number of aryl methyl sites for hydroxylation is 2. The third kappa shape index (κ3) is 1.77. The fourth-order valence-corrected chi connectivity index (χ4v) is 1.68. The number of rotatable bonds is 2. The van der Waals surface area contributed by atoms with Crippen LogP contribution in [0.15, 0.2) is 18.2 Å². The fraction of sp³-hybridized carbons (Fsp3) is 0.333. The Hall–Kier alpha value is -1.64. The van der Waals surface area contributed by atoms with E-state index in [9.17, 15) is 5.11 Å². The predicted molar refractivity (Wildman–Crippen MR) is 60.0 cm³/mol. The lowest BCUT2D eigenvalue weighted by atomic mass is 10.2. The van der Waals surface area contributed by atoms with Crippen LogP contribution < -0.4 is 0 Å². The van der Waals surface area contributed by atoms with E-state index in [2.05, 4.69) is 23.8 Å². The van der Waals surface area contributed by atoms with Crippen molar-refractivity contribution >= 4 is 11.0 Å². The molecule has 0 fully saturated rings. The zero-order valence-electron chi connectivity index (χ0n) is 8.99. The van der Waals surface area contributed by atoms with Crippen LogP contribution in [0.3, 0.4) is 0 Å². The van der Waals surface area contributed by atoms with Gasteiger partial charge in [0.15, 0.2) is 0 Å². The van der Waals surface area contributed by atoms with Crippen LogP contribution in [0.1, 0.15) is 25.2 Å². The number of fused-ring (bicyclic) bond motifs is 1. The van der Waals surface area contributed by atoms with Gasteiger partial charge in [-0.25, -0.2) is 9.97 Å². The quantitative estimate of drug-likeness (QED) is 0.813. The van der Waals surface area contributed by atoms with Crippen molar-refractivity contribution in [1.82, 2.24) is 9.97 Å². The van der Waals surface area contributed by atoms with Crippen molar-refractivity contribution in [3.63, 3.8) is 0 Å². The summed E-state index contributed by atoms with van der Waals surface area (Å²) in [6.07, 6.45) is 1.77. The van der Waals surface area contributed by atoms with Gasteiger partial charge in [0.1, 0.15) is 5.75 Å². The van der Waals surface area contributed by atoms with Crippen molar-refractivity contribution in [1.29, 1.82) is 0 Å². The van der Waals surface area contributed by atoms with Gasteiger partial charge in [0.05, 0.1) is 22.4 Å². The topological polar surface area (TPSA) is 46.0 Å². The Labute approximate surface area is 88.8 Å². The number of aromatic hydroxyl groups is 1. The molecule has 0 radical (unpaired) electrons. The molecule has 3 nitrogen and oxygen atoms in total. The summed E-state index contributed by atoms with van der Waals surface area (Å²) in [4.78, 5) is 9.03. The van der Waals surface area contributed by atoms with E-state index in [1.54, 1.807) is 18.2 Å². The highest BCUT2D eigenvalue weighted by molar-refractivity contribution is 5.76. The number of nitrogens with zero attached hydrogens (tertiary/aromatic N) is 2. The third-order valence-corrected chi connectivity index (χ3v) is 2.47. The summed E-state index contributed by atoms with van der Waals surface area (Å²) in [5.41, 5.74) is 3.69. The molecule has 2 rings (SSSR count). The van der Waals surface area contributed by atoms with E-state index >= 15 is 0 Å². The Morgan fingerprint density at radius 1 is 1.00 bits per heavy atom. The van der Waals surface area contributed by atoms with E-state index in [0.717, 1.165) is 35.3 Å². The van der Waals surface area contributed by atoms with Crippen LogP contribution in [0, 0.1) is 0 Å². The molecule has 0 aliphatic heterocycles. The van der Waals surface area contributed by atoms with Crippen molar-refractivity contribution in [2.45, 2.75) is 26.7 Å². The second-order valence-corrected chi connectivity index (χ2v) is 3.50. The third-order valence-electron chi connectivity index (χ3n) is 2.47. The zero-order valence-corrected chi connectivity index (χ0v) is 8.99. The fourth-order valence-electron chi connectivity index (χ4n) is 1.68. The number of phenolic OH excluding ortho intramolecular Hbond substituents is 1. The first-order valence-corrected chi connectivity index (χ1v) is 5.23. The Kier molecular flexibility index (Phi) is 2.54. The summed E-state index contributed by atoms with van der Waals surface area (Å²) in [6, 6.07) is 5.10. The number of hydrogen-bond donors (Lipinski definition) is 1. The SMILES string of the molecule is CCc1nc2ccc(O)cc2nc1CC. The minimum absolute atomic E-state index is 0.239. The van der Waals surface area contributed by atoms with E-state index in [1.807, 2.05) is 0 Å². The van der Waals surface area contributed by atoms with Gasteiger partial charge >= 0.3 is 0 Å². The van der Waals surface area contributed by atoms with Gasteiger partial charge in [-0.1, -0.05) is 13.8 Å². The molecule has 0 saturated heterocycles. The molecule has 0 atom stereocenters. The van der Waals surface area contributed by atoms with Gasteiger partial charge in [-0.2, -0.15) is 0 Å². The molecule has 0 unspecified atom stereocenters. The molecule has 0 aliphatic rings. The molecular formula is C12H14N2O. The minimum atomic E-state index is 0.239. The van der Waals surface area contributed by atoms with E-state index in [4.69, 9.17) is 0 Å². The van der Waals surface area contributed by atoms with E-state index in [-0.39, 0.29) is 5.75 Å². The molecule has 1 aromatic carbocycles. The van der Waals surface area contributed by atoms with Gasteiger partial charge < -0.3 is 5.11 Å². The van der Waals surface area contributed by atoms with Crippen LogP contribution in [-0.2, 0) is 12.8 Å². The zero-order chi connectivity index (χ0) is 10.8. The molecular weight excluding hydrogens is 188 g/mol. The molecule has 0 saturated carbocycles. The van der Waals surface area contributed by atoms with Gasteiger partial charge in [-0.3, -0.25) is 0 Å². The monoisotopic (exact) mass is 202 g/mol. The Balaban J connectivity index is 2.69. The number of benzene rings is 1. The summed E-state index contributed by atoms with van der Waals surface area (Å²) in [5.74, 6) is 0.239. The molecule has 1 N–H and O–H groups in total. The second kappa shape index (κ2) is 3.85. The van der Waals surface area contributed by atoms with Crippen LogP contribution in [0.2, 0.25) is 0 Å². The van der Waals surface area contributed by atoms with Crippen molar-refractivity contribution in [2.75, 3.05) is 0 Å². The predicted octanol–water partition coefficient (Wildman–Crippen LogP) is 2.46. The van der Waals surface area contributed by atoms with Gasteiger partial charge in [-0.05, 0) is 25.0 Å². The molecule has 2 aromatic rings. The standard InChI is InChI=1S/C12H14N2O/c1-3-9-10(4-2)14-12-7-8(15)5-6-11(12)13-9/h5-7,15H,3-4H2,1-2H3. The first-order valence-electron chi connectivity index (χ1n) is 5.23. The van der Waals surface area contributed by atoms with Crippen LogP contribution in [0.25, 0.3) is 11.0 Å². The Morgan fingerprint density at radius 2 is 1.60 bits per heavy atom. The van der Waals surface area contributed by atoms with Crippen molar-refractivity contribution in [3.8, 4) is 5.75 Å². The van der Waals surface area contributed by atoms with Gasteiger partial charge in [0.2, 0.25) is 0 Å². The molecule has 0 aliphatic carbocycles. The molecule has 0 spiro atoms. The van der Waals surface area contributed by atoms with Crippen LogP contribution in [0.4, 0.5) is 0 Å². The molecule has 78 valence electrons. The summed E-state index contributed by atoms with van der Waals surface area (Å²) in [6.45, 7) is 4.15. The van der Waals surface area contributed by atoms with Crippen LogP contribution in [0.5, 0.6) is 5.75 Å². The van der Waals surface area contributed by atoms with Crippen molar-refractivity contribution < 1.29 is 5.11 Å². The van der Waals surface area contributed by atoms with Gasteiger partial charge in [-0.15, -0.1) is 0 Å². The molecule has 1 heterocycles. The Morgan fingerprint density at radius 3 is 2.20 bits per heavy atom. The summed E-state index contributed by atoms with van der Waals surface area (Å²) < 4.78 is 0. The number of aromatic nitrogens is 2. The summed E-state index contributed by atoms with van der Waals surface area (Å²) >= 11 is 0. The number of phenols is 1. The maximum atomic E-state index is 9.35. The lowest BCUT2D eigenvalue weighted by molar-refractivity contribution is 0.476. The first kappa shape index (κ1) is 9.90. The lowest BCUT2D eigenvalue weighted by Gasteiger charge is -2.06. The highest BCUT2D eigenvalue weighted by Gasteiger charge is 2.05. The van der Waals surface area contributed by atoms with E-state index in [1.165, 1.54) is 0 Å². The van der Waals surface area contributed by atoms with Crippen LogP contribution in [-0.4, -0.2) is 15.1 Å². The van der Waals surface area contributed by atoms with Crippen molar-refractivity contribution in [3.05, 3.63) is 29.6 Å². The van der Waals surface area contributed by atoms with E-state index in [0.29, 0.717) is 0 Å². The molecule has 0 amide bonds. The second-order valence-electron chi connectivity index (χ2n) is 3.50. The maximum Gasteiger partial charge on any atom is 0.117 e. The first-order chi connectivity index (χ1) is 7.24. The maximum absolute atomic E-state index is 9.35. The average molecular weight is 202 g/mol. The highest BCUT2D eigenvalue weighted by Crippen LogP contribution is 2.18. The minimum Gasteiger partial charge on any atom is -0.508 e. The summed E-state index contributed by atoms with van der Waals surface area (Å²) in [5, 5.41) is 9.35. The Bertz CT molecular complexity index is 494.